The smallest absolute Gasteiger partial charge is 0.227 e. The van der Waals surface area contributed by atoms with Crippen molar-refractivity contribution in [3.05, 3.63) is 158 Å². The summed E-state index contributed by atoms with van der Waals surface area (Å²) in [5.74, 6) is 0.624. The Hall–Kier alpha value is -6.13. The van der Waals surface area contributed by atoms with Crippen molar-refractivity contribution in [3.8, 4) is 22.6 Å². The van der Waals surface area contributed by atoms with Crippen molar-refractivity contribution in [2.45, 2.75) is 0 Å². The molecule has 2 heterocycles. The van der Waals surface area contributed by atoms with Crippen molar-refractivity contribution >= 4 is 60.9 Å². The van der Waals surface area contributed by atoms with Crippen LogP contribution in [0.25, 0.3) is 66.4 Å². The number of benzene rings is 7. The Balaban J connectivity index is 1.19. The summed E-state index contributed by atoms with van der Waals surface area (Å²) < 4.78 is 12.5. The normalized spacial score (nSPS) is 11.6. The van der Waals surface area contributed by atoms with E-state index in [4.69, 9.17) is 13.8 Å². The molecule has 212 valence electrons. The molecule has 0 saturated heterocycles. The highest BCUT2D eigenvalue weighted by Gasteiger charge is 2.18. The highest BCUT2D eigenvalue weighted by Crippen LogP contribution is 2.42. The molecule has 0 radical (unpaired) electrons. The molecule has 2 aromatic heterocycles. The molecule has 9 aromatic rings. The van der Waals surface area contributed by atoms with Gasteiger partial charge in [-0.05, 0) is 71.6 Å². The molecule has 0 saturated carbocycles. The van der Waals surface area contributed by atoms with Crippen LogP contribution in [0.2, 0.25) is 0 Å². The van der Waals surface area contributed by atoms with Crippen molar-refractivity contribution in [1.29, 1.82) is 0 Å². The first-order chi connectivity index (χ1) is 22.3. The number of anilines is 3. The van der Waals surface area contributed by atoms with E-state index in [0.717, 1.165) is 66.8 Å². The molecule has 0 aliphatic carbocycles. The van der Waals surface area contributed by atoms with Crippen LogP contribution in [0.5, 0.6) is 0 Å². The lowest BCUT2D eigenvalue weighted by Crippen LogP contribution is -2.10. The van der Waals surface area contributed by atoms with Gasteiger partial charge in [0, 0.05) is 38.7 Å². The molecule has 9 rings (SSSR count). The molecule has 4 heteroatoms. The van der Waals surface area contributed by atoms with Crippen molar-refractivity contribution in [1.82, 2.24) is 4.98 Å². The Morgan fingerprint density at radius 2 is 1.18 bits per heavy atom. The minimum atomic E-state index is 0.624. The van der Waals surface area contributed by atoms with E-state index >= 15 is 0 Å². The summed E-state index contributed by atoms with van der Waals surface area (Å²) in [7, 11) is 0. The van der Waals surface area contributed by atoms with E-state index in [1.165, 1.54) is 10.8 Å². The number of nitrogens with zero attached hydrogens (tertiary/aromatic N) is 2. The summed E-state index contributed by atoms with van der Waals surface area (Å²) >= 11 is 0. The van der Waals surface area contributed by atoms with Gasteiger partial charge in [-0.15, -0.1) is 0 Å². The second-order valence-electron chi connectivity index (χ2n) is 11.2. The van der Waals surface area contributed by atoms with Gasteiger partial charge in [0.25, 0.3) is 0 Å². The van der Waals surface area contributed by atoms with Crippen LogP contribution < -0.4 is 4.90 Å². The first kappa shape index (κ1) is 25.4. The fourth-order valence-corrected chi connectivity index (χ4v) is 6.35. The molecule has 0 bridgehead atoms. The highest BCUT2D eigenvalue weighted by molar-refractivity contribution is 6.07. The van der Waals surface area contributed by atoms with Crippen LogP contribution in [0.15, 0.2) is 167 Å². The molecule has 0 aliphatic heterocycles. The van der Waals surface area contributed by atoms with Gasteiger partial charge < -0.3 is 13.7 Å². The Kier molecular flexibility index (Phi) is 5.78. The van der Waals surface area contributed by atoms with Crippen LogP contribution >= 0.6 is 0 Å². The molecule has 7 aromatic carbocycles. The molecular weight excluding hydrogens is 552 g/mol. The van der Waals surface area contributed by atoms with Crippen LogP contribution in [-0.4, -0.2) is 4.98 Å². The molecule has 45 heavy (non-hydrogen) atoms. The van der Waals surface area contributed by atoms with Crippen LogP contribution in [0, 0.1) is 0 Å². The molecule has 0 aliphatic rings. The van der Waals surface area contributed by atoms with Crippen molar-refractivity contribution in [3.63, 3.8) is 0 Å². The van der Waals surface area contributed by atoms with E-state index in [2.05, 4.69) is 108 Å². The molecular formula is C41H26N2O2. The third-order valence-electron chi connectivity index (χ3n) is 8.50. The van der Waals surface area contributed by atoms with Gasteiger partial charge in [0.1, 0.15) is 16.7 Å². The van der Waals surface area contributed by atoms with Gasteiger partial charge in [-0.3, -0.25) is 0 Å². The number of hydrogen-bond donors (Lipinski definition) is 0. The fraction of sp³-hybridized carbons (Fsp3) is 0. The quantitative estimate of drug-likeness (QED) is 0.204. The summed E-state index contributed by atoms with van der Waals surface area (Å²) in [6.07, 6.45) is 0. The average molecular weight is 579 g/mol. The molecule has 0 spiro atoms. The number of furan rings is 1. The number of hydrogen-bond acceptors (Lipinski definition) is 4. The molecule has 0 unspecified atom stereocenters. The average Bonchev–Trinajstić information content (AvgIpc) is 3.71. The van der Waals surface area contributed by atoms with E-state index < -0.39 is 0 Å². The molecule has 0 fully saturated rings. The van der Waals surface area contributed by atoms with Crippen LogP contribution in [0.1, 0.15) is 0 Å². The van der Waals surface area contributed by atoms with Crippen LogP contribution in [-0.2, 0) is 0 Å². The standard InChI is InChI=1S/C41H26N2O2/c1-2-11-29(12-3-1)41-42-36-17-9-16-33(40(36)45-41)28-20-22-30(23-21-28)43(37-18-8-13-27-10-4-5-14-32(27)37)31-24-25-39-35(26-31)34-15-6-7-19-38(34)44-39/h1-26H. The van der Waals surface area contributed by atoms with Gasteiger partial charge in [-0.1, -0.05) is 97.1 Å². The largest absolute Gasteiger partial charge is 0.456 e. The minimum absolute atomic E-state index is 0.624. The van der Waals surface area contributed by atoms with Gasteiger partial charge in [0.05, 0.1) is 5.69 Å². The summed E-state index contributed by atoms with van der Waals surface area (Å²) in [4.78, 5) is 7.11. The number of rotatable bonds is 5. The Labute approximate surface area is 259 Å². The predicted octanol–water partition coefficient (Wildman–Crippen LogP) is 11.7. The first-order valence-electron chi connectivity index (χ1n) is 15.0. The number of para-hydroxylation sites is 2. The lowest BCUT2D eigenvalue weighted by molar-refractivity contribution is 0.621. The SMILES string of the molecule is c1ccc(-c2nc3cccc(-c4ccc(N(c5ccc6oc7ccccc7c6c5)c5cccc6ccccc56)cc4)c3o2)cc1. The van der Waals surface area contributed by atoms with Gasteiger partial charge in [-0.2, -0.15) is 0 Å². The van der Waals surface area contributed by atoms with Crippen molar-refractivity contribution < 1.29 is 8.83 Å². The van der Waals surface area contributed by atoms with Gasteiger partial charge in [-0.25, -0.2) is 4.98 Å². The molecule has 0 N–H and O–H groups in total. The summed E-state index contributed by atoms with van der Waals surface area (Å²) in [6.45, 7) is 0. The van der Waals surface area contributed by atoms with E-state index in [-0.39, 0.29) is 0 Å². The third kappa shape index (κ3) is 4.27. The van der Waals surface area contributed by atoms with Crippen molar-refractivity contribution in [2.75, 3.05) is 4.90 Å². The Bertz CT molecular complexity index is 2490. The van der Waals surface area contributed by atoms with Crippen LogP contribution in [0.3, 0.4) is 0 Å². The number of aromatic nitrogens is 1. The predicted molar refractivity (Wildman–Crippen MR) is 184 cm³/mol. The van der Waals surface area contributed by atoms with Gasteiger partial charge >= 0.3 is 0 Å². The zero-order valence-corrected chi connectivity index (χ0v) is 24.2. The zero-order chi connectivity index (χ0) is 29.7. The topological polar surface area (TPSA) is 42.4 Å². The van der Waals surface area contributed by atoms with E-state index in [0.29, 0.717) is 5.89 Å². The maximum Gasteiger partial charge on any atom is 0.227 e. The second kappa shape index (κ2) is 10.2. The highest BCUT2D eigenvalue weighted by atomic mass is 16.3. The van der Waals surface area contributed by atoms with Crippen LogP contribution in [0.4, 0.5) is 17.1 Å². The maximum atomic E-state index is 6.34. The second-order valence-corrected chi connectivity index (χ2v) is 11.2. The monoisotopic (exact) mass is 578 g/mol. The first-order valence-corrected chi connectivity index (χ1v) is 15.0. The third-order valence-corrected chi connectivity index (χ3v) is 8.50. The minimum Gasteiger partial charge on any atom is -0.456 e. The summed E-state index contributed by atoms with van der Waals surface area (Å²) in [5.41, 5.74) is 9.65. The van der Waals surface area contributed by atoms with E-state index in [1.54, 1.807) is 0 Å². The van der Waals surface area contributed by atoms with Gasteiger partial charge in [0.15, 0.2) is 5.58 Å². The summed E-state index contributed by atoms with van der Waals surface area (Å²) in [5, 5.41) is 4.58. The van der Waals surface area contributed by atoms with E-state index in [9.17, 15) is 0 Å². The molecule has 0 atom stereocenters. The summed E-state index contributed by atoms with van der Waals surface area (Å²) in [6, 6.07) is 54.5. The fourth-order valence-electron chi connectivity index (χ4n) is 6.35. The van der Waals surface area contributed by atoms with Crippen molar-refractivity contribution in [2.24, 2.45) is 0 Å². The van der Waals surface area contributed by atoms with Gasteiger partial charge in [0.2, 0.25) is 5.89 Å². The maximum absolute atomic E-state index is 6.34. The Morgan fingerprint density at radius 3 is 2.07 bits per heavy atom. The number of fused-ring (bicyclic) bond motifs is 5. The molecule has 4 nitrogen and oxygen atoms in total. The molecule has 0 amide bonds. The number of oxazole rings is 1. The Morgan fingerprint density at radius 1 is 0.467 bits per heavy atom. The lowest BCUT2D eigenvalue weighted by atomic mass is 10.0. The van der Waals surface area contributed by atoms with E-state index in [1.807, 2.05) is 54.6 Å². The zero-order valence-electron chi connectivity index (χ0n) is 24.2. The lowest BCUT2D eigenvalue weighted by Gasteiger charge is -2.27.